The van der Waals surface area contributed by atoms with Crippen molar-refractivity contribution in [2.45, 2.75) is 64.3 Å². The first-order chi connectivity index (χ1) is 13.1. The minimum atomic E-state index is 0.0667. The third kappa shape index (κ3) is 4.04. The third-order valence-corrected chi connectivity index (χ3v) is 6.02. The van der Waals surface area contributed by atoms with E-state index < -0.39 is 0 Å². The predicted molar refractivity (Wildman–Crippen MR) is 106 cm³/mol. The molecule has 2 fully saturated rings. The van der Waals surface area contributed by atoms with Gasteiger partial charge in [0.25, 0.3) is 5.56 Å². The fraction of sp³-hybridized carbons (Fsp3) is 0.619. The van der Waals surface area contributed by atoms with Crippen LogP contribution in [0.5, 0.6) is 0 Å². The SMILES string of the molecule is CC(C)c1cc(=O)n(CC2CCN(c3ccnc(C4CCC4)n3)CC2)cn1. The maximum Gasteiger partial charge on any atom is 0.253 e. The largest absolute Gasteiger partial charge is 0.356 e. The van der Waals surface area contributed by atoms with Crippen LogP contribution in [0.25, 0.3) is 0 Å². The summed E-state index contributed by atoms with van der Waals surface area (Å²) < 4.78 is 1.77. The van der Waals surface area contributed by atoms with Gasteiger partial charge in [-0.05, 0) is 43.6 Å². The van der Waals surface area contributed by atoms with Gasteiger partial charge in [0.05, 0.1) is 12.0 Å². The van der Waals surface area contributed by atoms with E-state index in [9.17, 15) is 4.79 Å². The van der Waals surface area contributed by atoms with Gasteiger partial charge in [0.2, 0.25) is 0 Å². The van der Waals surface area contributed by atoms with Crippen molar-refractivity contribution in [1.82, 2.24) is 19.5 Å². The molecular formula is C21H29N5O. The Labute approximate surface area is 160 Å². The molecule has 0 bridgehead atoms. The second kappa shape index (κ2) is 7.79. The fourth-order valence-electron chi connectivity index (χ4n) is 3.92. The molecule has 2 aliphatic rings. The van der Waals surface area contributed by atoms with E-state index in [2.05, 4.69) is 28.7 Å². The molecule has 0 unspecified atom stereocenters. The molecule has 1 saturated carbocycles. The van der Waals surface area contributed by atoms with E-state index in [0.29, 0.717) is 11.8 Å². The smallest absolute Gasteiger partial charge is 0.253 e. The molecule has 1 aliphatic heterocycles. The molecule has 0 N–H and O–H groups in total. The quantitative estimate of drug-likeness (QED) is 0.811. The maximum absolute atomic E-state index is 12.3. The molecule has 0 spiro atoms. The number of hydrogen-bond acceptors (Lipinski definition) is 5. The molecule has 0 atom stereocenters. The zero-order valence-electron chi connectivity index (χ0n) is 16.3. The molecule has 1 saturated heterocycles. The average molecular weight is 367 g/mol. The van der Waals surface area contributed by atoms with Crippen molar-refractivity contribution in [2.75, 3.05) is 18.0 Å². The summed E-state index contributed by atoms with van der Waals surface area (Å²) in [5.74, 6) is 3.44. The summed E-state index contributed by atoms with van der Waals surface area (Å²) in [5.41, 5.74) is 0.939. The first-order valence-corrected chi connectivity index (χ1v) is 10.2. The molecule has 0 amide bonds. The second-order valence-electron chi connectivity index (χ2n) is 8.29. The van der Waals surface area contributed by atoms with E-state index >= 15 is 0 Å². The summed E-state index contributed by atoms with van der Waals surface area (Å²) in [6.07, 6.45) is 9.52. The fourth-order valence-corrected chi connectivity index (χ4v) is 3.92. The molecular weight excluding hydrogens is 338 g/mol. The summed E-state index contributed by atoms with van der Waals surface area (Å²) >= 11 is 0. The van der Waals surface area contributed by atoms with Crippen LogP contribution in [0.2, 0.25) is 0 Å². The first kappa shape index (κ1) is 18.1. The maximum atomic E-state index is 12.3. The van der Waals surface area contributed by atoms with Gasteiger partial charge < -0.3 is 4.90 Å². The molecule has 2 aromatic rings. The lowest BCUT2D eigenvalue weighted by molar-refractivity contribution is 0.349. The molecule has 0 aromatic carbocycles. The van der Waals surface area contributed by atoms with Gasteiger partial charge in [0, 0.05) is 37.8 Å². The van der Waals surface area contributed by atoms with Gasteiger partial charge in [0.15, 0.2) is 0 Å². The number of piperidine rings is 1. The number of aromatic nitrogens is 4. The summed E-state index contributed by atoms with van der Waals surface area (Å²) in [6.45, 7) is 6.85. The lowest BCUT2D eigenvalue weighted by atomic mass is 9.85. The lowest BCUT2D eigenvalue weighted by Crippen LogP contribution is -2.37. The van der Waals surface area contributed by atoms with Gasteiger partial charge in [-0.25, -0.2) is 15.0 Å². The monoisotopic (exact) mass is 367 g/mol. The number of nitrogens with zero attached hydrogens (tertiary/aromatic N) is 5. The Morgan fingerprint density at radius 3 is 2.56 bits per heavy atom. The molecule has 144 valence electrons. The number of anilines is 1. The van der Waals surface area contributed by atoms with E-state index in [1.165, 1.54) is 19.3 Å². The van der Waals surface area contributed by atoms with Crippen LogP contribution in [0.3, 0.4) is 0 Å². The van der Waals surface area contributed by atoms with Gasteiger partial charge >= 0.3 is 0 Å². The molecule has 2 aromatic heterocycles. The van der Waals surface area contributed by atoms with Crippen molar-refractivity contribution in [3.8, 4) is 0 Å². The van der Waals surface area contributed by atoms with Crippen LogP contribution in [0, 0.1) is 5.92 Å². The molecule has 6 heteroatoms. The Morgan fingerprint density at radius 2 is 1.93 bits per heavy atom. The average Bonchev–Trinajstić information content (AvgIpc) is 2.63. The first-order valence-electron chi connectivity index (χ1n) is 10.2. The van der Waals surface area contributed by atoms with Crippen LogP contribution in [0.4, 0.5) is 5.82 Å². The summed E-state index contributed by atoms with van der Waals surface area (Å²) in [5, 5.41) is 0. The van der Waals surface area contributed by atoms with Gasteiger partial charge in [-0.1, -0.05) is 20.3 Å². The molecule has 0 radical (unpaired) electrons. The highest BCUT2D eigenvalue weighted by Gasteiger charge is 2.25. The molecule has 4 rings (SSSR count). The van der Waals surface area contributed by atoms with Crippen molar-refractivity contribution < 1.29 is 0 Å². The second-order valence-corrected chi connectivity index (χ2v) is 8.29. The van der Waals surface area contributed by atoms with Crippen LogP contribution in [0.15, 0.2) is 29.5 Å². The normalized spacial score (nSPS) is 18.7. The van der Waals surface area contributed by atoms with Gasteiger partial charge in [-0.15, -0.1) is 0 Å². The standard InChI is InChI=1S/C21H29N5O/c1-15(2)18-12-20(27)26(14-23-18)13-16-7-10-25(11-8-16)19-6-9-22-21(24-19)17-4-3-5-17/h6,9,12,14-17H,3-5,7-8,10-11,13H2,1-2H3. The van der Waals surface area contributed by atoms with E-state index in [-0.39, 0.29) is 11.5 Å². The molecule has 3 heterocycles. The van der Waals surface area contributed by atoms with Crippen molar-refractivity contribution in [3.05, 3.63) is 46.5 Å². The Balaban J connectivity index is 1.36. The van der Waals surface area contributed by atoms with Crippen molar-refractivity contribution in [1.29, 1.82) is 0 Å². The zero-order chi connectivity index (χ0) is 18.8. The topological polar surface area (TPSA) is 63.9 Å². The van der Waals surface area contributed by atoms with Crippen molar-refractivity contribution in [3.63, 3.8) is 0 Å². The Morgan fingerprint density at radius 1 is 1.15 bits per heavy atom. The van der Waals surface area contributed by atoms with Crippen molar-refractivity contribution >= 4 is 5.82 Å². The Kier molecular flexibility index (Phi) is 5.23. The highest BCUT2D eigenvalue weighted by molar-refractivity contribution is 5.38. The van der Waals surface area contributed by atoms with Gasteiger partial charge in [0.1, 0.15) is 11.6 Å². The highest BCUT2D eigenvalue weighted by atomic mass is 16.1. The highest BCUT2D eigenvalue weighted by Crippen LogP contribution is 2.35. The molecule has 6 nitrogen and oxygen atoms in total. The number of rotatable bonds is 5. The summed E-state index contributed by atoms with van der Waals surface area (Å²) in [6, 6.07) is 3.71. The Bertz CT molecular complexity index is 834. The van der Waals surface area contributed by atoms with Gasteiger partial charge in [-0.3, -0.25) is 9.36 Å². The minimum absolute atomic E-state index is 0.0667. The van der Waals surface area contributed by atoms with Crippen LogP contribution < -0.4 is 10.5 Å². The lowest BCUT2D eigenvalue weighted by Gasteiger charge is -2.33. The summed E-state index contributed by atoms with van der Waals surface area (Å²) in [4.78, 5) is 28.4. The van der Waals surface area contributed by atoms with Crippen LogP contribution >= 0.6 is 0 Å². The Hall–Kier alpha value is -2.24. The van der Waals surface area contributed by atoms with Gasteiger partial charge in [-0.2, -0.15) is 0 Å². The van der Waals surface area contributed by atoms with E-state index in [4.69, 9.17) is 4.98 Å². The zero-order valence-corrected chi connectivity index (χ0v) is 16.3. The number of hydrogen-bond donors (Lipinski definition) is 0. The third-order valence-electron chi connectivity index (χ3n) is 6.02. The predicted octanol–water partition coefficient (Wildman–Crippen LogP) is 3.34. The van der Waals surface area contributed by atoms with Crippen LogP contribution in [0.1, 0.15) is 69.3 Å². The molecule has 1 aliphatic carbocycles. The van der Waals surface area contributed by atoms with E-state index in [1.54, 1.807) is 17.0 Å². The van der Waals surface area contributed by atoms with Crippen LogP contribution in [-0.2, 0) is 6.54 Å². The van der Waals surface area contributed by atoms with Crippen molar-refractivity contribution in [2.24, 2.45) is 5.92 Å². The summed E-state index contributed by atoms with van der Waals surface area (Å²) in [7, 11) is 0. The van der Waals surface area contributed by atoms with Crippen LogP contribution in [-0.4, -0.2) is 32.6 Å². The molecule has 27 heavy (non-hydrogen) atoms. The van der Waals surface area contributed by atoms with E-state index in [0.717, 1.165) is 49.8 Å². The minimum Gasteiger partial charge on any atom is -0.356 e. The van der Waals surface area contributed by atoms with E-state index in [1.807, 2.05) is 12.3 Å².